The van der Waals surface area contributed by atoms with E-state index in [4.69, 9.17) is 0 Å². The number of alkyl halides is 3. The Kier molecular flexibility index (Phi) is 4.74. The first-order valence-electron chi connectivity index (χ1n) is 7.25. The fourth-order valence-electron chi connectivity index (χ4n) is 2.98. The van der Waals surface area contributed by atoms with Crippen LogP contribution in [0.3, 0.4) is 0 Å². The maximum absolute atomic E-state index is 12.6. The lowest BCUT2D eigenvalue weighted by Crippen LogP contribution is -2.38. The predicted molar refractivity (Wildman–Crippen MR) is 74.5 cm³/mol. The quantitative estimate of drug-likeness (QED) is 0.843. The van der Waals surface area contributed by atoms with Crippen molar-refractivity contribution >= 4 is 0 Å². The maximum atomic E-state index is 12.6. The molecule has 0 radical (unpaired) electrons. The minimum absolute atomic E-state index is 0.183. The van der Waals surface area contributed by atoms with E-state index in [-0.39, 0.29) is 24.9 Å². The van der Waals surface area contributed by atoms with Crippen molar-refractivity contribution in [2.24, 2.45) is 5.92 Å². The van der Waals surface area contributed by atoms with Gasteiger partial charge in [0.05, 0.1) is 5.92 Å². The summed E-state index contributed by atoms with van der Waals surface area (Å²) in [4.78, 5) is 0. The minimum atomic E-state index is -4.02. The highest BCUT2D eigenvalue weighted by Gasteiger charge is 2.41. The Labute approximate surface area is 118 Å². The van der Waals surface area contributed by atoms with Crippen LogP contribution in [0.25, 0.3) is 0 Å². The van der Waals surface area contributed by atoms with Crippen molar-refractivity contribution in [2.75, 3.05) is 0 Å². The van der Waals surface area contributed by atoms with Crippen molar-refractivity contribution in [3.05, 3.63) is 35.4 Å². The summed E-state index contributed by atoms with van der Waals surface area (Å²) in [5.74, 6) is -1.10. The molecule has 1 aliphatic rings. The summed E-state index contributed by atoms with van der Waals surface area (Å²) in [7, 11) is 0. The lowest BCUT2D eigenvalue weighted by atomic mass is 9.85. The van der Waals surface area contributed by atoms with Crippen LogP contribution in [0.5, 0.6) is 0 Å². The third-order valence-electron chi connectivity index (χ3n) is 4.22. The van der Waals surface area contributed by atoms with Crippen LogP contribution in [0.2, 0.25) is 0 Å². The number of halogens is 3. The van der Waals surface area contributed by atoms with Gasteiger partial charge in [0.25, 0.3) is 0 Å². The summed E-state index contributed by atoms with van der Waals surface area (Å²) in [5, 5.41) is 3.47. The van der Waals surface area contributed by atoms with Gasteiger partial charge >= 0.3 is 6.18 Å². The van der Waals surface area contributed by atoms with Crippen LogP contribution in [-0.4, -0.2) is 12.2 Å². The maximum Gasteiger partial charge on any atom is 0.391 e. The van der Waals surface area contributed by atoms with E-state index in [0.717, 1.165) is 0 Å². The van der Waals surface area contributed by atoms with E-state index < -0.39 is 12.1 Å². The summed E-state index contributed by atoms with van der Waals surface area (Å²) >= 11 is 0. The molecule has 1 unspecified atom stereocenters. The molecule has 1 atom stereocenters. The molecule has 1 aliphatic carbocycles. The molecule has 1 aromatic carbocycles. The van der Waals surface area contributed by atoms with Gasteiger partial charge in [0.15, 0.2) is 0 Å². The van der Waals surface area contributed by atoms with E-state index in [1.807, 2.05) is 19.1 Å². The lowest BCUT2D eigenvalue weighted by molar-refractivity contribution is -0.182. The summed E-state index contributed by atoms with van der Waals surface area (Å²) in [6, 6.07) is 8.63. The van der Waals surface area contributed by atoms with Gasteiger partial charge in [-0.15, -0.1) is 0 Å². The summed E-state index contributed by atoms with van der Waals surface area (Å²) in [6.45, 7) is 4.12. The van der Waals surface area contributed by atoms with Crippen molar-refractivity contribution in [1.82, 2.24) is 5.32 Å². The average Bonchev–Trinajstić information content (AvgIpc) is 2.38. The van der Waals surface area contributed by atoms with Gasteiger partial charge in [0.1, 0.15) is 0 Å². The topological polar surface area (TPSA) is 12.0 Å². The third-order valence-corrected chi connectivity index (χ3v) is 4.22. The number of aryl methyl sites for hydroxylation is 1. The second-order valence-electron chi connectivity index (χ2n) is 5.89. The van der Waals surface area contributed by atoms with Crippen LogP contribution in [0.1, 0.15) is 49.8 Å². The molecule has 0 saturated heterocycles. The monoisotopic (exact) mass is 285 g/mol. The molecule has 0 aromatic heterocycles. The molecule has 1 nitrogen and oxygen atoms in total. The zero-order valence-electron chi connectivity index (χ0n) is 12.0. The van der Waals surface area contributed by atoms with Gasteiger partial charge in [-0.2, -0.15) is 13.2 Å². The molecule has 1 fully saturated rings. The highest BCUT2D eigenvalue weighted by molar-refractivity contribution is 5.24. The van der Waals surface area contributed by atoms with Gasteiger partial charge in [-0.05, 0) is 45.1 Å². The third kappa shape index (κ3) is 3.98. The molecule has 0 aliphatic heterocycles. The van der Waals surface area contributed by atoms with E-state index in [0.29, 0.717) is 12.8 Å². The number of hydrogen-bond acceptors (Lipinski definition) is 1. The summed E-state index contributed by atoms with van der Waals surface area (Å²) in [6.07, 6.45) is -2.29. The smallest absolute Gasteiger partial charge is 0.307 e. The van der Waals surface area contributed by atoms with Crippen LogP contribution in [0.15, 0.2) is 24.3 Å². The van der Waals surface area contributed by atoms with E-state index in [1.165, 1.54) is 11.1 Å². The largest absolute Gasteiger partial charge is 0.391 e. The Bertz CT molecular complexity index is 434. The normalized spacial score (nSPS) is 25.4. The van der Waals surface area contributed by atoms with Crippen molar-refractivity contribution in [3.8, 4) is 0 Å². The SMILES string of the molecule is Cc1cccc(C(C)NC2CCC(C(F)(F)F)CC2)c1. The highest BCUT2D eigenvalue weighted by atomic mass is 19.4. The van der Waals surface area contributed by atoms with E-state index in [2.05, 4.69) is 24.4 Å². The molecule has 20 heavy (non-hydrogen) atoms. The molecule has 4 heteroatoms. The molecule has 0 amide bonds. The van der Waals surface area contributed by atoms with Crippen LogP contribution in [0.4, 0.5) is 13.2 Å². The van der Waals surface area contributed by atoms with Gasteiger partial charge in [-0.3, -0.25) is 0 Å². The van der Waals surface area contributed by atoms with E-state index in [9.17, 15) is 13.2 Å². The number of hydrogen-bond donors (Lipinski definition) is 1. The second-order valence-corrected chi connectivity index (χ2v) is 5.89. The standard InChI is InChI=1S/C16H22F3N/c1-11-4-3-5-13(10-11)12(2)20-15-8-6-14(7-9-15)16(17,18)19/h3-5,10,12,14-15,20H,6-9H2,1-2H3. The Morgan fingerprint density at radius 2 is 1.80 bits per heavy atom. The highest BCUT2D eigenvalue weighted by Crippen LogP contribution is 2.37. The average molecular weight is 285 g/mol. The first-order valence-corrected chi connectivity index (χ1v) is 7.25. The molecule has 0 bridgehead atoms. The van der Waals surface area contributed by atoms with Crippen molar-refractivity contribution in [1.29, 1.82) is 0 Å². The first kappa shape index (κ1) is 15.4. The molecule has 1 saturated carbocycles. The van der Waals surface area contributed by atoms with Gasteiger partial charge < -0.3 is 5.32 Å². The summed E-state index contributed by atoms with van der Waals surface area (Å²) in [5.41, 5.74) is 2.40. The Hall–Kier alpha value is -1.03. The molecule has 0 heterocycles. The Balaban J connectivity index is 1.86. The van der Waals surface area contributed by atoms with Crippen LogP contribution >= 0.6 is 0 Å². The van der Waals surface area contributed by atoms with Crippen molar-refractivity contribution < 1.29 is 13.2 Å². The van der Waals surface area contributed by atoms with Crippen LogP contribution < -0.4 is 5.32 Å². The van der Waals surface area contributed by atoms with Crippen molar-refractivity contribution in [3.63, 3.8) is 0 Å². The minimum Gasteiger partial charge on any atom is -0.307 e. The van der Waals surface area contributed by atoms with Gasteiger partial charge in [-0.1, -0.05) is 29.8 Å². The van der Waals surface area contributed by atoms with Crippen molar-refractivity contribution in [2.45, 2.75) is 57.8 Å². The summed E-state index contributed by atoms with van der Waals surface area (Å²) < 4.78 is 37.9. The Morgan fingerprint density at radius 3 is 2.35 bits per heavy atom. The second kappa shape index (κ2) is 6.17. The predicted octanol–water partition coefficient (Wildman–Crippen LogP) is 4.77. The molecular formula is C16H22F3N. The zero-order chi connectivity index (χ0) is 14.8. The Morgan fingerprint density at radius 1 is 1.15 bits per heavy atom. The molecule has 112 valence electrons. The van der Waals surface area contributed by atoms with Gasteiger partial charge in [0, 0.05) is 12.1 Å². The fourth-order valence-corrected chi connectivity index (χ4v) is 2.98. The van der Waals surface area contributed by atoms with Crippen LogP contribution in [0, 0.1) is 12.8 Å². The van der Waals surface area contributed by atoms with Gasteiger partial charge in [0.2, 0.25) is 0 Å². The lowest BCUT2D eigenvalue weighted by Gasteiger charge is -2.32. The van der Waals surface area contributed by atoms with E-state index in [1.54, 1.807) is 0 Å². The molecule has 2 rings (SSSR count). The number of benzene rings is 1. The first-order chi connectivity index (χ1) is 9.36. The fraction of sp³-hybridized carbons (Fsp3) is 0.625. The number of rotatable bonds is 3. The molecule has 0 spiro atoms. The number of nitrogens with one attached hydrogen (secondary N) is 1. The van der Waals surface area contributed by atoms with Crippen LogP contribution in [-0.2, 0) is 0 Å². The molecule has 1 N–H and O–H groups in total. The molecule has 1 aromatic rings. The van der Waals surface area contributed by atoms with Gasteiger partial charge in [-0.25, -0.2) is 0 Å². The zero-order valence-corrected chi connectivity index (χ0v) is 12.0. The molecular weight excluding hydrogens is 263 g/mol. The van der Waals surface area contributed by atoms with E-state index >= 15 is 0 Å².